The summed E-state index contributed by atoms with van der Waals surface area (Å²) in [4.78, 5) is 2.64. The summed E-state index contributed by atoms with van der Waals surface area (Å²) in [5.74, 6) is 5.93. The molecule has 19 heavy (non-hydrogen) atoms. The van der Waals surface area contributed by atoms with Crippen molar-refractivity contribution in [2.45, 2.75) is 51.1 Å². The van der Waals surface area contributed by atoms with Gasteiger partial charge in [-0.25, -0.2) is 0 Å². The molecule has 1 aromatic rings. The van der Waals surface area contributed by atoms with E-state index in [1.165, 1.54) is 31.5 Å². The molecule has 0 aliphatic carbocycles. The third-order valence-electron chi connectivity index (χ3n) is 4.80. The van der Waals surface area contributed by atoms with Gasteiger partial charge in [-0.15, -0.1) is 0 Å². The number of rotatable bonds is 6. The Bertz CT molecular complexity index is 367. The fourth-order valence-corrected chi connectivity index (χ4v) is 3.66. The maximum Gasteiger partial charge on any atom is 0.0643 e. The van der Waals surface area contributed by atoms with Gasteiger partial charge in [0.05, 0.1) is 6.04 Å². The molecule has 0 radical (unpaired) electrons. The highest BCUT2D eigenvalue weighted by Gasteiger charge is 2.42. The van der Waals surface area contributed by atoms with Gasteiger partial charge >= 0.3 is 0 Å². The molecule has 3 nitrogen and oxygen atoms in total. The first-order valence-corrected chi connectivity index (χ1v) is 7.54. The third-order valence-corrected chi connectivity index (χ3v) is 4.80. The van der Waals surface area contributed by atoms with Crippen LogP contribution in [-0.4, -0.2) is 23.5 Å². The van der Waals surface area contributed by atoms with Crippen molar-refractivity contribution in [1.82, 2.24) is 10.3 Å². The van der Waals surface area contributed by atoms with Gasteiger partial charge in [0.1, 0.15) is 0 Å². The van der Waals surface area contributed by atoms with E-state index in [1.54, 1.807) is 0 Å². The third kappa shape index (κ3) is 2.69. The SMILES string of the molecule is CCC(CC)(C(NN)c1ccccc1)N1CCCC1. The van der Waals surface area contributed by atoms with Crippen LogP contribution in [0.2, 0.25) is 0 Å². The number of hydrogen-bond acceptors (Lipinski definition) is 3. The van der Waals surface area contributed by atoms with Crippen LogP contribution in [0.15, 0.2) is 30.3 Å². The molecule has 3 N–H and O–H groups in total. The van der Waals surface area contributed by atoms with Gasteiger partial charge in [0.2, 0.25) is 0 Å². The molecule has 1 aliphatic heterocycles. The van der Waals surface area contributed by atoms with Crippen LogP contribution in [0.25, 0.3) is 0 Å². The van der Waals surface area contributed by atoms with Crippen LogP contribution >= 0.6 is 0 Å². The maximum absolute atomic E-state index is 5.93. The Morgan fingerprint density at radius 3 is 2.21 bits per heavy atom. The number of nitrogens with two attached hydrogens (primary N) is 1. The van der Waals surface area contributed by atoms with E-state index >= 15 is 0 Å². The minimum atomic E-state index is 0.132. The predicted octanol–water partition coefficient (Wildman–Crippen LogP) is 2.85. The van der Waals surface area contributed by atoms with Crippen molar-refractivity contribution in [2.75, 3.05) is 13.1 Å². The van der Waals surface area contributed by atoms with Crippen LogP contribution in [-0.2, 0) is 0 Å². The monoisotopic (exact) mass is 261 g/mol. The van der Waals surface area contributed by atoms with Crippen LogP contribution in [0.4, 0.5) is 0 Å². The average Bonchev–Trinajstić information content (AvgIpc) is 3.00. The Balaban J connectivity index is 2.35. The summed E-state index contributed by atoms with van der Waals surface area (Å²) in [6.07, 6.45) is 4.86. The number of hydrazine groups is 1. The minimum absolute atomic E-state index is 0.132. The zero-order valence-corrected chi connectivity index (χ0v) is 12.2. The van der Waals surface area contributed by atoms with E-state index in [4.69, 9.17) is 5.84 Å². The minimum Gasteiger partial charge on any atom is -0.296 e. The molecule has 2 rings (SSSR count). The average molecular weight is 261 g/mol. The van der Waals surface area contributed by atoms with Gasteiger partial charge in [0.25, 0.3) is 0 Å². The number of hydrogen-bond donors (Lipinski definition) is 2. The molecule has 1 fully saturated rings. The van der Waals surface area contributed by atoms with E-state index in [9.17, 15) is 0 Å². The van der Waals surface area contributed by atoms with Gasteiger partial charge in [0.15, 0.2) is 0 Å². The number of benzene rings is 1. The molecule has 0 bridgehead atoms. The standard InChI is InChI=1S/C16H27N3/c1-3-16(4-2,19-12-8-9-13-19)15(18-17)14-10-6-5-7-11-14/h5-7,10-11,15,18H,3-4,8-9,12-13,17H2,1-2H3. The van der Waals surface area contributed by atoms with Gasteiger partial charge < -0.3 is 0 Å². The van der Waals surface area contributed by atoms with Crippen molar-refractivity contribution >= 4 is 0 Å². The second kappa shape index (κ2) is 6.51. The molecule has 3 heteroatoms. The molecule has 106 valence electrons. The molecule has 0 amide bonds. The van der Waals surface area contributed by atoms with Crippen LogP contribution in [0.3, 0.4) is 0 Å². The highest BCUT2D eigenvalue weighted by atomic mass is 15.3. The first-order valence-electron chi connectivity index (χ1n) is 7.54. The zero-order valence-electron chi connectivity index (χ0n) is 12.2. The zero-order chi connectivity index (χ0) is 13.7. The van der Waals surface area contributed by atoms with Crippen LogP contribution < -0.4 is 11.3 Å². The number of nitrogens with zero attached hydrogens (tertiary/aromatic N) is 1. The Labute approximate surface area is 117 Å². The van der Waals surface area contributed by atoms with Crippen LogP contribution in [0, 0.1) is 0 Å². The number of nitrogens with one attached hydrogen (secondary N) is 1. The van der Waals surface area contributed by atoms with Gasteiger partial charge in [-0.1, -0.05) is 44.2 Å². The van der Waals surface area contributed by atoms with E-state index < -0.39 is 0 Å². The van der Waals surface area contributed by atoms with Crippen molar-refractivity contribution in [3.05, 3.63) is 35.9 Å². The summed E-state index contributed by atoms with van der Waals surface area (Å²) in [5.41, 5.74) is 4.52. The molecule has 1 aromatic carbocycles. The van der Waals surface area contributed by atoms with E-state index in [0.717, 1.165) is 12.8 Å². The molecule has 0 aromatic heterocycles. The fraction of sp³-hybridized carbons (Fsp3) is 0.625. The lowest BCUT2D eigenvalue weighted by atomic mass is 9.79. The molecule has 0 saturated carbocycles. The van der Waals surface area contributed by atoms with Crippen molar-refractivity contribution in [2.24, 2.45) is 5.84 Å². The van der Waals surface area contributed by atoms with Crippen molar-refractivity contribution in [3.63, 3.8) is 0 Å². The van der Waals surface area contributed by atoms with Gasteiger partial charge in [-0.05, 0) is 44.3 Å². The highest BCUT2D eigenvalue weighted by Crippen LogP contribution is 2.38. The molecular formula is C16H27N3. The summed E-state index contributed by atoms with van der Waals surface area (Å²) in [7, 11) is 0. The predicted molar refractivity (Wildman–Crippen MR) is 80.6 cm³/mol. The topological polar surface area (TPSA) is 41.3 Å². The molecule has 1 aliphatic rings. The Kier molecular flexibility index (Phi) is 4.97. The lowest BCUT2D eigenvalue weighted by molar-refractivity contribution is 0.0617. The van der Waals surface area contributed by atoms with E-state index in [0.29, 0.717) is 0 Å². The normalized spacial score (nSPS) is 18.7. The lowest BCUT2D eigenvalue weighted by Crippen LogP contribution is -2.56. The lowest BCUT2D eigenvalue weighted by Gasteiger charge is -2.46. The molecule has 1 unspecified atom stereocenters. The molecule has 1 atom stereocenters. The summed E-state index contributed by atoms with van der Waals surface area (Å²) >= 11 is 0. The highest BCUT2D eigenvalue weighted by molar-refractivity contribution is 5.23. The maximum atomic E-state index is 5.93. The van der Waals surface area contributed by atoms with Crippen molar-refractivity contribution in [3.8, 4) is 0 Å². The largest absolute Gasteiger partial charge is 0.296 e. The first-order chi connectivity index (χ1) is 9.28. The van der Waals surface area contributed by atoms with Crippen molar-refractivity contribution < 1.29 is 0 Å². The summed E-state index contributed by atoms with van der Waals surface area (Å²) in [5, 5.41) is 0. The first kappa shape index (κ1) is 14.5. The second-order valence-electron chi connectivity index (χ2n) is 5.52. The molecule has 0 spiro atoms. The van der Waals surface area contributed by atoms with E-state index in [2.05, 4.69) is 54.5 Å². The van der Waals surface area contributed by atoms with Gasteiger partial charge in [-0.2, -0.15) is 0 Å². The van der Waals surface area contributed by atoms with Crippen molar-refractivity contribution in [1.29, 1.82) is 0 Å². The second-order valence-corrected chi connectivity index (χ2v) is 5.52. The van der Waals surface area contributed by atoms with E-state index in [1.807, 2.05) is 0 Å². The molecule has 1 heterocycles. The Morgan fingerprint density at radius 1 is 1.16 bits per heavy atom. The van der Waals surface area contributed by atoms with Gasteiger partial charge in [0, 0.05) is 5.54 Å². The number of likely N-dealkylation sites (tertiary alicyclic amines) is 1. The van der Waals surface area contributed by atoms with Crippen LogP contribution in [0.1, 0.15) is 51.1 Å². The Hall–Kier alpha value is -0.900. The Morgan fingerprint density at radius 2 is 1.74 bits per heavy atom. The smallest absolute Gasteiger partial charge is 0.0643 e. The molecule has 1 saturated heterocycles. The molecular weight excluding hydrogens is 234 g/mol. The quantitative estimate of drug-likeness (QED) is 0.611. The summed E-state index contributed by atoms with van der Waals surface area (Å²) < 4.78 is 0. The summed E-state index contributed by atoms with van der Waals surface area (Å²) in [6.45, 7) is 6.98. The van der Waals surface area contributed by atoms with Gasteiger partial charge in [-0.3, -0.25) is 16.2 Å². The van der Waals surface area contributed by atoms with Crippen LogP contribution in [0.5, 0.6) is 0 Å². The fourth-order valence-electron chi connectivity index (χ4n) is 3.66. The van der Waals surface area contributed by atoms with E-state index in [-0.39, 0.29) is 11.6 Å². The summed E-state index contributed by atoms with van der Waals surface area (Å²) in [6, 6.07) is 10.8.